The number of methoxy groups -OCH3 is 3. The Bertz CT molecular complexity index is 962. The van der Waals surface area contributed by atoms with Crippen molar-refractivity contribution in [3.8, 4) is 34.8 Å². The van der Waals surface area contributed by atoms with E-state index in [0.29, 0.717) is 29.6 Å². The van der Waals surface area contributed by atoms with Crippen molar-refractivity contribution >= 4 is 0 Å². The molecule has 142 valence electrons. The van der Waals surface area contributed by atoms with Gasteiger partial charge in [-0.1, -0.05) is 42.2 Å². The SMILES string of the molecule is COc1cc(C#Cc2ccc(OCc3ccccc3)c(OC)c2)cc(OC)c1. The van der Waals surface area contributed by atoms with E-state index in [0.717, 1.165) is 16.7 Å². The molecule has 0 aromatic heterocycles. The van der Waals surface area contributed by atoms with Gasteiger partial charge in [-0.05, 0) is 35.9 Å². The molecule has 0 amide bonds. The summed E-state index contributed by atoms with van der Waals surface area (Å²) in [6.07, 6.45) is 0. The summed E-state index contributed by atoms with van der Waals surface area (Å²) in [6, 6.07) is 21.2. The minimum Gasteiger partial charge on any atom is -0.497 e. The molecule has 0 saturated heterocycles. The summed E-state index contributed by atoms with van der Waals surface area (Å²) in [4.78, 5) is 0. The largest absolute Gasteiger partial charge is 0.497 e. The van der Waals surface area contributed by atoms with Gasteiger partial charge in [0.25, 0.3) is 0 Å². The second-order valence-corrected chi connectivity index (χ2v) is 5.99. The molecule has 0 aliphatic carbocycles. The Balaban J connectivity index is 1.78. The fourth-order valence-electron chi connectivity index (χ4n) is 2.62. The maximum absolute atomic E-state index is 5.89. The molecule has 4 nitrogen and oxygen atoms in total. The molecule has 0 radical (unpaired) electrons. The highest BCUT2D eigenvalue weighted by atomic mass is 16.5. The maximum Gasteiger partial charge on any atom is 0.161 e. The fourth-order valence-corrected chi connectivity index (χ4v) is 2.62. The molecule has 0 spiro atoms. The molecular weight excluding hydrogens is 352 g/mol. The van der Waals surface area contributed by atoms with E-state index in [1.807, 2.05) is 66.7 Å². The topological polar surface area (TPSA) is 36.9 Å². The molecule has 0 aliphatic rings. The Labute approximate surface area is 165 Å². The summed E-state index contributed by atoms with van der Waals surface area (Å²) in [7, 11) is 4.85. The van der Waals surface area contributed by atoms with E-state index in [2.05, 4.69) is 11.8 Å². The predicted molar refractivity (Wildman–Crippen MR) is 109 cm³/mol. The molecule has 3 rings (SSSR count). The molecule has 0 saturated carbocycles. The lowest BCUT2D eigenvalue weighted by Crippen LogP contribution is -1.97. The van der Waals surface area contributed by atoms with Crippen LogP contribution in [0.2, 0.25) is 0 Å². The van der Waals surface area contributed by atoms with Gasteiger partial charge >= 0.3 is 0 Å². The van der Waals surface area contributed by atoms with Crippen LogP contribution in [0.1, 0.15) is 16.7 Å². The average Bonchev–Trinajstić information content (AvgIpc) is 2.76. The van der Waals surface area contributed by atoms with Crippen molar-refractivity contribution in [2.75, 3.05) is 21.3 Å². The molecule has 3 aromatic carbocycles. The zero-order chi connectivity index (χ0) is 19.8. The van der Waals surface area contributed by atoms with Crippen LogP contribution in [-0.2, 0) is 6.61 Å². The van der Waals surface area contributed by atoms with Crippen molar-refractivity contribution in [1.29, 1.82) is 0 Å². The number of ether oxygens (including phenoxy) is 4. The second kappa shape index (κ2) is 9.38. The van der Waals surface area contributed by atoms with Gasteiger partial charge in [0.1, 0.15) is 18.1 Å². The third-order valence-corrected chi connectivity index (χ3v) is 4.10. The fraction of sp³-hybridized carbons (Fsp3) is 0.167. The monoisotopic (exact) mass is 374 g/mol. The summed E-state index contributed by atoms with van der Waals surface area (Å²) in [5, 5.41) is 0. The number of benzene rings is 3. The summed E-state index contributed by atoms with van der Waals surface area (Å²) >= 11 is 0. The third kappa shape index (κ3) is 4.99. The first kappa shape index (κ1) is 19.2. The minimum absolute atomic E-state index is 0.478. The Morgan fingerprint density at radius 1 is 0.643 bits per heavy atom. The average molecular weight is 374 g/mol. The van der Waals surface area contributed by atoms with Gasteiger partial charge in [-0.25, -0.2) is 0 Å². The lowest BCUT2D eigenvalue weighted by atomic mass is 10.1. The van der Waals surface area contributed by atoms with Crippen LogP contribution in [0.5, 0.6) is 23.0 Å². The Hall–Kier alpha value is -3.58. The van der Waals surface area contributed by atoms with Crippen LogP contribution in [-0.4, -0.2) is 21.3 Å². The molecular formula is C24H22O4. The highest BCUT2D eigenvalue weighted by molar-refractivity contribution is 5.52. The van der Waals surface area contributed by atoms with E-state index in [-0.39, 0.29) is 0 Å². The van der Waals surface area contributed by atoms with Crippen molar-refractivity contribution in [2.45, 2.75) is 6.61 Å². The zero-order valence-electron chi connectivity index (χ0n) is 16.2. The van der Waals surface area contributed by atoms with Crippen LogP contribution < -0.4 is 18.9 Å². The Morgan fingerprint density at radius 3 is 1.96 bits per heavy atom. The summed E-state index contributed by atoms with van der Waals surface area (Å²) in [5.74, 6) is 9.00. The lowest BCUT2D eigenvalue weighted by Gasteiger charge is -2.11. The molecule has 0 unspecified atom stereocenters. The number of hydrogen-bond donors (Lipinski definition) is 0. The first-order valence-electron chi connectivity index (χ1n) is 8.81. The molecule has 0 heterocycles. The van der Waals surface area contributed by atoms with Crippen LogP contribution in [0.15, 0.2) is 66.7 Å². The standard InChI is InChI=1S/C24H22O4/c1-25-21-13-20(14-22(16-21)26-2)10-9-18-11-12-23(24(15-18)27-3)28-17-19-7-5-4-6-8-19/h4-8,11-16H,17H2,1-3H3. The van der Waals surface area contributed by atoms with E-state index >= 15 is 0 Å². The van der Waals surface area contributed by atoms with Gasteiger partial charge in [-0.2, -0.15) is 0 Å². The van der Waals surface area contributed by atoms with Crippen LogP contribution in [0.25, 0.3) is 0 Å². The van der Waals surface area contributed by atoms with Crippen molar-refractivity contribution in [2.24, 2.45) is 0 Å². The van der Waals surface area contributed by atoms with Crippen molar-refractivity contribution in [1.82, 2.24) is 0 Å². The van der Waals surface area contributed by atoms with E-state index in [9.17, 15) is 0 Å². The van der Waals surface area contributed by atoms with Gasteiger partial charge in [0, 0.05) is 17.2 Å². The molecule has 0 fully saturated rings. The second-order valence-electron chi connectivity index (χ2n) is 5.99. The molecule has 0 atom stereocenters. The van der Waals surface area contributed by atoms with Gasteiger partial charge in [0.05, 0.1) is 21.3 Å². The van der Waals surface area contributed by atoms with Gasteiger partial charge in [0.15, 0.2) is 11.5 Å². The lowest BCUT2D eigenvalue weighted by molar-refractivity contribution is 0.284. The molecule has 0 N–H and O–H groups in total. The first-order valence-corrected chi connectivity index (χ1v) is 8.81. The Morgan fingerprint density at radius 2 is 1.32 bits per heavy atom. The van der Waals surface area contributed by atoms with Crippen molar-refractivity contribution in [3.05, 3.63) is 83.4 Å². The smallest absolute Gasteiger partial charge is 0.161 e. The zero-order valence-corrected chi connectivity index (χ0v) is 16.2. The van der Waals surface area contributed by atoms with Gasteiger partial charge in [-0.3, -0.25) is 0 Å². The molecule has 0 bridgehead atoms. The van der Waals surface area contributed by atoms with Gasteiger partial charge in [0.2, 0.25) is 0 Å². The summed E-state index contributed by atoms with van der Waals surface area (Å²) in [6.45, 7) is 0.478. The molecule has 4 heteroatoms. The quantitative estimate of drug-likeness (QED) is 0.587. The molecule has 3 aromatic rings. The van der Waals surface area contributed by atoms with E-state index in [1.54, 1.807) is 21.3 Å². The van der Waals surface area contributed by atoms with Crippen molar-refractivity contribution < 1.29 is 18.9 Å². The number of hydrogen-bond acceptors (Lipinski definition) is 4. The Kier molecular flexibility index (Phi) is 6.43. The maximum atomic E-state index is 5.89. The summed E-state index contributed by atoms with van der Waals surface area (Å²) < 4.78 is 21.9. The minimum atomic E-state index is 0.478. The number of rotatable bonds is 6. The van der Waals surface area contributed by atoms with E-state index in [1.165, 1.54) is 0 Å². The summed E-state index contributed by atoms with van der Waals surface area (Å²) in [5.41, 5.74) is 2.73. The third-order valence-electron chi connectivity index (χ3n) is 4.10. The predicted octanol–water partition coefficient (Wildman–Crippen LogP) is 4.69. The van der Waals surface area contributed by atoms with Gasteiger partial charge < -0.3 is 18.9 Å². The van der Waals surface area contributed by atoms with E-state index in [4.69, 9.17) is 18.9 Å². The van der Waals surface area contributed by atoms with Crippen LogP contribution in [0, 0.1) is 11.8 Å². The normalized spacial score (nSPS) is 9.82. The van der Waals surface area contributed by atoms with Gasteiger partial charge in [-0.15, -0.1) is 0 Å². The highest BCUT2D eigenvalue weighted by Crippen LogP contribution is 2.29. The molecule has 0 aliphatic heterocycles. The van der Waals surface area contributed by atoms with Crippen LogP contribution >= 0.6 is 0 Å². The molecule has 28 heavy (non-hydrogen) atoms. The van der Waals surface area contributed by atoms with E-state index < -0.39 is 0 Å². The van der Waals surface area contributed by atoms with Crippen LogP contribution in [0.4, 0.5) is 0 Å². The highest BCUT2D eigenvalue weighted by Gasteiger charge is 2.06. The van der Waals surface area contributed by atoms with Crippen LogP contribution in [0.3, 0.4) is 0 Å². The first-order chi connectivity index (χ1) is 13.7. The van der Waals surface area contributed by atoms with Crippen molar-refractivity contribution in [3.63, 3.8) is 0 Å².